The number of benzene rings is 1. The van der Waals surface area contributed by atoms with E-state index in [4.69, 9.17) is 4.74 Å². The molecule has 0 aliphatic rings. The van der Waals surface area contributed by atoms with Gasteiger partial charge in [0.1, 0.15) is 5.82 Å². The van der Waals surface area contributed by atoms with Crippen LogP contribution in [0.3, 0.4) is 0 Å². The Hall–Kier alpha value is -1.17. The second kappa shape index (κ2) is 7.57. The highest BCUT2D eigenvalue weighted by Gasteiger charge is 2.04. The van der Waals surface area contributed by atoms with Crippen LogP contribution in [0.5, 0.6) is 0 Å². The fourth-order valence-electron chi connectivity index (χ4n) is 2.05. The van der Waals surface area contributed by atoms with E-state index in [0.717, 1.165) is 23.1 Å². The number of halogens is 2. The van der Waals surface area contributed by atoms with Gasteiger partial charge in [-0.25, -0.2) is 4.39 Å². The van der Waals surface area contributed by atoms with E-state index in [9.17, 15) is 4.39 Å². The lowest BCUT2D eigenvalue weighted by Crippen LogP contribution is -2.20. The Balaban J connectivity index is 2.00. The summed E-state index contributed by atoms with van der Waals surface area (Å²) < 4.78 is 21.3. The average Bonchev–Trinajstić information content (AvgIpc) is 2.81. The summed E-state index contributed by atoms with van der Waals surface area (Å²) in [5.41, 5.74) is 2.10. The number of aromatic nitrogens is 1. The van der Waals surface area contributed by atoms with E-state index < -0.39 is 0 Å². The maximum absolute atomic E-state index is 13.4. The highest BCUT2D eigenvalue weighted by Crippen LogP contribution is 2.16. The molecule has 1 heterocycles. The van der Waals surface area contributed by atoms with E-state index in [0.29, 0.717) is 13.2 Å². The Bertz CT molecular complexity index is 536. The largest absolute Gasteiger partial charge is 0.383 e. The molecular formula is C15H18BrFN2O. The Kier molecular flexibility index (Phi) is 5.76. The van der Waals surface area contributed by atoms with Gasteiger partial charge in [-0.2, -0.15) is 0 Å². The highest BCUT2D eigenvalue weighted by molar-refractivity contribution is 9.10. The van der Waals surface area contributed by atoms with Crippen LogP contribution >= 0.6 is 15.9 Å². The standard InChI is InChI=1S/C15H18BrFN2O/c1-20-6-4-18-10-15-3-2-5-19(15)11-12-7-13(16)9-14(17)8-12/h2-3,5,7-9,18H,4,6,10-11H2,1H3. The monoisotopic (exact) mass is 340 g/mol. The van der Waals surface area contributed by atoms with Gasteiger partial charge in [-0.1, -0.05) is 15.9 Å². The lowest BCUT2D eigenvalue weighted by molar-refractivity contribution is 0.199. The lowest BCUT2D eigenvalue weighted by Gasteiger charge is -2.11. The average molecular weight is 341 g/mol. The predicted octanol–water partition coefficient (Wildman–Crippen LogP) is 3.17. The fourth-order valence-corrected chi connectivity index (χ4v) is 2.57. The van der Waals surface area contributed by atoms with Crippen molar-refractivity contribution in [1.29, 1.82) is 0 Å². The number of hydrogen-bond donors (Lipinski definition) is 1. The summed E-state index contributed by atoms with van der Waals surface area (Å²) in [6.07, 6.45) is 2.01. The minimum Gasteiger partial charge on any atom is -0.383 e. The van der Waals surface area contributed by atoms with Crippen LogP contribution in [-0.4, -0.2) is 24.8 Å². The Morgan fingerprint density at radius 2 is 2.20 bits per heavy atom. The molecule has 0 spiro atoms. The van der Waals surface area contributed by atoms with Gasteiger partial charge in [0.25, 0.3) is 0 Å². The summed E-state index contributed by atoms with van der Waals surface area (Å²) in [6.45, 7) is 2.93. The van der Waals surface area contributed by atoms with Gasteiger partial charge in [0, 0.05) is 43.1 Å². The van der Waals surface area contributed by atoms with E-state index in [1.807, 2.05) is 18.3 Å². The van der Waals surface area contributed by atoms with Crippen molar-refractivity contribution >= 4 is 15.9 Å². The zero-order valence-electron chi connectivity index (χ0n) is 11.4. The smallest absolute Gasteiger partial charge is 0.124 e. The molecule has 20 heavy (non-hydrogen) atoms. The number of nitrogens with one attached hydrogen (secondary N) is 1. The van der Waals surface area contributed by atoms with E-state index in [1.165, 1.54) is 11.8 Å². The first-order valence-corrected chi connectivity index (χ1v) is 7.27. The summed E-state index contributed by atoms with van der Waals surface area (Å²) in [5.74, 6) is -0.221. The third-order valence-corrected chi connectivity index (χ3v) is 3.45. The van der Waals surface area contributed by atoms with E-state index in [-0.39, 0.29) is 5.82 Å². The van der Waals surface area contributed by atoms with Gasteiger partial charge in [0.05, 0.1) is 6.61 Å². The van der Waals surface area contributed by atoms with E-state index >= 15 is 0 Å². The summed E-state index contributed by atoms with van der Waals surface area (Å²) in [7, 11) is 1.69. The third-order valence-electron chi connectivity index (χ3n) is 2.99. The van der Waals surface area contributed by atoms with Gasteiger partial charge >= 0.3 is 0 Å². The minimum atomic E-state index is -0.221. The van der Waals surface area contributed by atoms with Crippen molar-refractivity contribution in [2.75, 3.05) is 20.3 Å². The second-order valence-corrected chi connectivity index (χ2v) is 5.49. The molecule has 2 rings (SSSR count). The number of hydrogen-bond acceptors (Lipinski definition) is 2. The van der Waals surface area contributed by atoms with Gasteiger partial charge in [-0.3, -0.25) is 0 Å². The fraction of sp³-hybridized carbons (Fsp3) is 0.333. The van der Waals surface area contributed by atoms with Gasteiger partial charge < -0.3 is 14.6 Å². The SMILES string of the molecule is COCCNCc1cccn1Cc1cc(F)cc(Br)c1. The first-order valence-electron chi connectivity index (χ1n) is 6.47. The molecule has 5 heteroatoms. The van der Waals surface area contributed by atoms with Gasteiger partial charge in [-0.05, 0) is 35.9 Å². The van der Waals surface area contributed by atoms with E-state index in [1.54, 1.807) is 13.2 Å². The van der Waals surface area contributed by atoms with Crippen molar-refractivity contribution in [2.45, 2.75) is 13.1 Å². The van der Waals surface area contributed by atoms with Crippen molar-refractivity contribution < 1.29 is 9.13 Å². The van der Waals surface area contributed by atoms with E-state index in [2.05, 4.69) is 31.9 Å². The van der Waals surface area contributed by atoms with Crippen molar-refractivity contribution in [3.05, 3.63) is 58.1 Å². The van der Waals surface area contributed by atoms with Crippen LogP contribution in [0.4, 0.5) is 4.39 Å². The summed E-state index contributed by atoms with van der Waals surface area (Å²) in [6, 6.07) is 9.03. The zero-order valence-corrected chi connectivity index (χ0v) is 13.0. The first-order chi connectivity index (χ1) is 9.69. The van der Waals surface area contributed by atoms with Gasteiger partial charge in [-0.15, -0.1) is 0 Å². The van der Waals surface area contributed by atoms with Crippen LogP contribution in [0.15, 0.2) is 41.0 Å². The molecule has 0 saturated heterocycles. The highest BCUT2D eigenvalue weighted by atomic mass is 79.9. The quantitative estimate of drug-likeness (QED) is 0.783. The molecule has 0 saturated carbocycles. The molecule has 1 aromatic carbocycles. The number of rotatable bonds is 7. The molecule has 3 nitrogen and oxygen atoms in total. The van der Waals surface area contributed by atoms with Gasteiger partial charge in [0.2, 0.25) is 0 Å². The zero-order chi connectivity index (χ0) is 14.4. The normalized spacial score (nSPS) is 10.9. The van der Waals surface area contributed by atoms with Crippen molar-refractivity contribution in [2.24, 2.45) is 0 Å². The summed E-state index contributed by atoms with van der Waals surface area (Å²) >= 11 is 3.32. The molecule has 2 aromatic rings. The maximum atomic E-state index is 13.4. The molecule has 0 bridgehead atoms. The lowest BCUT2D eigenvalue weighted by atomic mass is 10.2. The number of nitrogens with zero attached hydrogens (tertiary/aromatic N) is 1. The molecule has 0 unspecified atom stereocenters. The van der Waals surface area contributed by atoms with Crippen LogP contribution < -0.4 is 5.32 Å². The van der Waals surface area contributed by atoms with Gasteiger partial charge in [0.15, 0.2) is 0 Å². The molecule has 0 aliphatic carbocycles. The Labute approximate surface area is 126 Å². The molecule has 1 N–H and O–H groups in total. The van der Waals surface area contributed by atoms with Crippen molar-refractivity contribution in [3.63, 3.8) is 0 Å². The van der Waals surface area contributed by atoms with Crippen LogP contribution in [0.1, 0.15) is 11.3 Å². The second-order valence-electron chi connectivity index (χ2n) is 4.57. The Morgan fingerprint density at radius 3 is 2.95 bits per heavy atom. The summed E-state index contributed by atoms with van der Waals surface area (Å²) in [5, 5.41) is 3.31. The third kappa shape index (κ3) is 4.44. The number of methoxy groups -OCH3 is 1. The molecule has 0 amide bonds. The summed E-state index contributed by atoms with van der Waals surface area (Å²) in [4.78, 5) is 0. The first kappa shape index (κ1) is 15.2. The topological polar surface area (TPSA) is 26.2 Å². The number of ether oxygens (including phenoxy) is 1. The van der Waals surface area contributed by atoms with Crippen LogP contribution in [0.2, 0.25) is 0 Å². The van der Waals surface area contributed by atoms with Crippen LogP contribution in [0.25, 0.3) is 0 Å². The molecular weight excluding hydrogens is 323 g/mol. The molecule has 0 radical (unpaired) electrons. The van der Waals surface area contributed by atoms with Crippen molar-refractivity contribution in [3.8, 4) is 0 Å². The van der Waals surface area contributed by atoms with Crippen LogP contribution in [0, 0.1) is 5.82 Å². The molecule has 0 atom stereocenters. The molecule has 0 aliphatic heterocycles. The molecule has 1 aromatic heterocycles. The van der Waals surface area contributed by atoms with Crippen molar-refractivity contribution in [1.82, 2.24) is 9.88 Å². The maximum Gasteiger partial charge on any atom is 0.124 e. The molecule has 0 fully saturated rings. The minimum absolute atomic E-state index is 0.221. The molecule has 108 valence electrons. The predicted molar refractivity (Wildman–Crippen MR) is 81.2 cm³/mol. The van der Waals surface area contributed by atoms with Crippen LogP contribution in [-0.2, 0) is 17.8 Å². The Morgan fingerprint density at radius 1 is 1.35 bits per heavy atom.